The van der Waals surface area contributed by atoms with Crippen molar-refractivity contribution in [1.82, 2.24) is 4.90 Å². The van der Waals surface area contributed by atoms with E-state index in [0.717, 1.165) is 51.9 Å². The van der Waals surface area contributed by atoms with Gasteiger partial charge in [0, 0.05) is 31.9 Å². The molecule has 0 aromatic heterocycles. The van der Waals surface area contributed by atoms with Gasteiger partial charge in [0.2, 0.25) is 0 Å². The van der Waals surface area contributed by atoms with Crippen LogP contribution in [0.3, 0.4) is 0 Å². The van der Waals surface area contributed by atoms with E-state index in [1.54, 1.807) is 6.07 Å². The summed E-state index contributed by atoms with van der Waals surface area (Å²) in [5.41, 5.74) is 1.95. The molecule has 4 heteroatoms. The molecule has 1 aliphatic heterocycles. The maximum absolute atomic E-state index is 11.0. The Balaban J connectivity index is 1.32. The first-order valence-corrected chi connectivity index (χ1v) is 9.06. The monoisotopic (exact) mass is 338 g/mol. The van der Waals surface area contributed by atoms with Crippen LogP contribution < -0.4 is 9.64 Å². The average molecular weight is 338 g/mol. The number of aldehydes is 1. The van der Waals surface area contributed by atoms with Crippen molar-refractivity contribution < 1.29 is 9.53 Å². The Morgan fingerprint density at radius 3 is 2.36 bits per heavy atom. The Labute approximate surface area is 150 Å². The van der Waals surface area contributed by atoms with Gasteiger partial charge in [-0.3, -0.25) is 9.69 Å². The Kier molecular flexibility index (Phi) is 6.46. The van der Waals surface area contributed by atoms with Gasteiger partial charge in [-0.25, -0.2) is 0 Å². The topological polar surface area (TPSA) is 32.8 Å². The van der Waals surface area contributed by atoms with Gasteiger partial charge in [0.1, 0.15) is 5.75 Å². The van der Waals surface area contributed by atoms with Gasteiger partial charge in [0.15, 0.2) is 6.29 Å². The highest BCUT2D eigenvalue weighted by Gasteiger charge is 2.16. The molecule has 3 rings (SSSR count). The number of benzene rings is 2. The zero-order valence-corrected chi connectivity index (χ0v) is 14.6. The van der Waals surface area contributed by atoms with Gasteiger partial charge in [0.05, 0.1) is 12.2 Å². The lowest BCUT2D eigenvalue weighted by molar-refractivity contribution is 0.111. The van der Waals surface area contributed by atoms with E-state index in [2.05, 4.69) is 40.1 Å². The molecule has 1 aliphatic rings. The molecular weight excluding hydrogens is 312 g/mol. The molecule has 1 heterocycles. The molecule has 2 aromatic carbocycles. The molecule has 0 spiro atoms. The fourth-order valence-corrected chi connectivity index (χ4v) is 3.20. The molecule has 25 heavy (non-hydrogen) atoms. The lowest BCUT2D eigenvalue weighted by Gasteiger charge is -2.36. The van der Waals surface area contributed by atoms with Gasteiger partial charge in [0.25, 0.3) is 0 Å². The van der Waals surface area contributed by atoms with Crippen LogP contribution in [0.1, 0.15) is 23.2 Å². The largest absolute Gasteiger partial charge is 0.493 e. The van der Waals surface area contributed by atoms with Crippen molar-refractivity contribution in [1.29, 1.82) is 0 Å². The summed E-state index contributed by atoms with van der Waals surface area (Å²) in [5, 5.41) is 0. The molecule has 0 N–H and O–H groups in total. The van der Waals surface area contributed by atoms with E-state index >= 15 is 0 Å². The van der Waals surface area contributed by atoms with Crippen LogP contribution in [0.5, 0.6) is 5.75 Å². The zero-order chi connectivity index (χ0) is 17.3. The normalized spacial score (nSPS) is 15.1. The van der Waals surface area contributed by atoms with Gasteiger partial charge in [-0.1, -0.05) is 30.3 Å². The highest BCUT2D eigenvalue weighted by Crippen LogP contribution is 2.17. The van der Waals surface area contributed by atoms with Crippen LogP contribution in [0.15, 0.2) is 54.6 Å². The van der Waals surface area contributed by atoms with E-state index in [4.69, 9.17) is 4.74 Å². The Morgan fingerprint density at radius 1 is 0.880 bits per heavy atom. The molecule has 0 saturated carbocycles. The van der Waals surface area contributed by atoms with Crippen LogP contribution in [0.25, 0.3) is 0 Å². The third-order valence-corrected chi connectivity index (χ3v) is 4.67. The number of carbonyl (C=O) groups excluding carboxylic acids is 1. The van der Waals surface area contributed by atoms with Crippen molar-refractivity contribution in [3.05, 3.63) is 60.2 Å². The first kappa shape index (κ1) is 17.5. The van der Waals surface area contributed by atoms with Crippen LogP contribution in [0.4, 0.5) is 5.69 Å². The summed E-state index contributed by atoms with van der Waals surface area (Å²) < 4.78 is 5.73. The fraction of sp³-hybridized carbons (Fsp3) is 0.381. The predicted molar refractivity (Wildman–Crippen MR) is 102 cm³/mol. The SMILES string of the molecule is O=Cc1ccccc1OCCCCN1CCN(c2ccccc2)CC1. The summed E-state index contributed by atoms with van der Waals surface area (Å²) in [7, 11) is 0. The van der Waals surface area contributed by atoms with E-state index in [-0.39, 0.29) is 0 Å². The fourth-order valence-electron chi connectivity index (χ4n) is 3.20. The van der Waals surface area contributed by atoms with Crippen molar-refractivity contribution >= 4 is 12.0 Å². The molecule has 4 nitrogen and oxygen atoms in total. The highest BCUT2D eigenvalue weighted by molar-refractivity contribution is 5.79. The van der Waals surface area contributed by atoms with Crippen molar-refractivity contribution in [2.75, 3.05) is 44.2 Å². The van der Waals surface area contributed by atoms with Gasteiger partial charge in [-0.2, -0.15) is 0 Å². The summed E-state index contributed by atoms with van der Waals surface area (Å²) >= 11 is 0. The molecule has 1 saturated heterocycles. The van der Waals surface area contributed by atoms with E-state index in [1.165, 1.54) is 5.69 Å². The minimum atomic E-state index is 0.625. The second-order valence-corrected chi connectivity index (χ2v) is 6.38. The quantitative estimate of drug-likeness (QED) is 0.545. The molecule has 2 aromatic rings. The van der Waals surface area contributed by atoms with E-state index in [9.17, 15) is 4.79 Å². The number of rotatable bonds is 8. The first-order valence-electron chi connectivity index (χ1n) is 9.06. The van der Waals surface area contributed by atoms with E-state index < -0.39 is 0 Å². The molecular formula is C21H26N2O2. The number of unbranched alkanes of at least 4 members (excludes halogenated alkanes) is 1. The number of para-hydroxylation sites is 2. The van der Waals surface area contributed by atoms with Crippen LogP contribution >= 0.6 is 0 Å². The van der Waals surface area contributed by atoms with Gasteiger partial charge < -0.3 is 9.64 Å². The van der Waals surface area contributed by atoms with Crippen LogP contribution in [0.2, 0.25) is 0 Å². The summed E-state index contributed by atoms with van der Waals surface area (Å²) in [4.78, 5) is 15.9. The predicted octanol–water partition coefficient (Wildman–Crippen LogP) is 3.48. The molecule has 0 radical (unpaired) electrons. The Morgan fingerprint density at radius 2 is 1.60 bits per heavy atom. The van der Waals surface area contributed by atoms with Crippen LogP contribution in [-0.4, -0.2) is 50.5 Å². The standard InChI is InChI=1S/C21H26N2O2/c24-18-19-8-4-5-11-21(19)25-17-7-6-12-22-13-15-23(16-14-22)20-9-2-1-3-10-20/h1-5,8-11,18H,6-7,12-17H2. The lowest BCUT2D eigenvalue weighted by Crippen LogP contribution is -2.46. The lowest BCUT2D eigenvalue weighted by atomic mass is 10.2. The second kappa shape index (κ2) is 9.23. The molecule has 0 bridgehead atoms. The van der Waals surface area contributed by atoms with Gasteiger partial charge in [-0.05, 0) is 43.7 Å². The first-order chi connectivity index (χ1) is 12.4. The summed E-state index contributed by atoms with van der Waals surface area (Å²) in [6, 6.07) is 18.0. The number of piperazine rings is 1. The number of carbonyl (C=O) groups is 1. The van der Waals surface area contributed by atoms with E-state index in [0.29, 0.717) is 17.9 Å². The maximum Gasteiger partial charge on any atom is 0.153 e. The van der Waals surface area contributed by atoms with E-state index in [1.807, 2.05) is 18.2 Å². The minimum Gasteiger partial charge on any atom is -0.493 e. The Hall–Kier alpha value is -2.33. The highest BCUT2D eigenvalue weighted by atomic mass is 16.5. The second-order valence-electron chi connectivity index (χ2n) is 6.38. The summed E-state index contributed by atoms with van der Waals surface area (Å²) in [6.45, 7) is 6.18. The number of hydrogen-bond donors (Lipinski definition) is 0. The molecule has 0 amide bonds. The van der Waals surface area contributed by atoms with Crippen LogP contribution in [0, 0.1) is 0 Å². The summed E-state index contributed by atoms with van der Waals surface area (Å²) in [6.07, 6.45) is 2.97. The smallest absolute Gasteiger partial charge is 0.153 e. The number of nitrogens with zero attached hydrogens (tertiary/aromatic N) is 2. The van der Waals surface area contributed by atoms with Crippen molar-refractivity contribution in [2.45, 2.75) is 12.8 Å². The summed E-state index contributed by atoms with van der Waals surface area (Å²) in [5.74, 6) is 0.689. The number of ether oxygens (including phenoxy) is 1. The third-order valence-electron chi connectivity index (χ3n) is 4.67. The molecule has 0 unspecified atom stereocenters. The molecule has 1 fully saturated rings. The van der Waals surface area contributed by atoms with Gasteiger partial charge in [-0.15, -0.1) is 0 Å². The molecule has 0 aliphatic carbocycles. The average Bonchev–Trinajstić information content (AvgIpc) is 2.69. The number of hydrogen-bond acceptors (Lipinski definition) is 4. The molecule has 132 valence electrons. The minimum absolute atomic E-state index is 0.625. The van der Waals surface area contributed by atoms with Crippen molar-refractivity contribution in [3.63, 3.8) is 0 Å². The van der Waals surface area contributed by atoms with Gasteiger partial charge >= 0.3 is 0 Å². The third kappa shape index (κ3) is 5.07. The van der Waals surface area contributed by atoms with Crippen molar-refractivity contribution in [2.24, 2.45) is 0 Å². The molecule has 0 atom stereocenters. The van der Waals surface area contributed by atoms with Crippen LogP contribution in [-0.2, 0) is 0 Å². The zero-order valence-electron chi connectivity index (χ0n) is 14.6. The van der Waals surface area contributed by atoms with Crippen molar-refractivity contribution in [3.8, 4) is 5.75 Å². The maximum atomic E-state index is 11.0. The Bertz CT molecular complexity index is 652. The number of anilines is 1.